The number of benzene rings is 3. The number of aryl methyl sites for hydroxylation is 1. The van der Waals surface area contributed by atoms with Crippen LogP contribution in [-0.2, 0) is 10.0 Å². The molecule has 0 bridgehead atoms. The Balaban J connectivity index is 1.89. The van der Waals surface area contributed by atoms with Crippen LogP contribution in [0.1, 0.15) is 24.1 Å². The zero-order chi connectivity index (χ0) is 19.3. The van der Waals surface area contributed by atoms with Crippen molar-refractivity contribution in [2.45, 2.75) is 29.6 Å². The summed E-state index contributed by atoms with van der Waals surface area (Å²) in [7, 11) is -3.60. The summed E-state index contributed by atoms with van der Waals surface area (Å²) in [4.78, 5) is 0.455. The second-order valence-electron chi connectivity index (χ2n) is 6.46. The Kier molecular flexibility index (Phi) is 6.50. The number of hydrogen-bond donors (Lipinski definition) is 1. The van der Waals surface area contributed by atoms with E-state index < -0.39 is 10.0 Å². The first-order valence-electron chi connectivity index (χ1n) is 8.81. The summed E-state index contributed by atoms with van der Waals surface area (Å²) in [5.41, 5.74) is 2.02. The van der Waals surface area contributed by atoms with Crippen LogP contribution in [0, 0.1) is 6.92 Å². The van der Waals surface area contributed by atoms with Gasteiger partial charge in [0.25, 0.3) is 0 Å². The topological polar surface area (TPSA) is 46.2 Å². The molecule has 5 heteroatoms. The van der Waals surface area contributed by atoms with Crippen molar-refractivity contribution in [1.29, 1.82) is 0 Å². The van der Waals surface area contributed by atoms with Gasteiger partial charge in [0.1, 0.15) is 0 Å². The fourth-order valence-corrected chi connectivity index (χ4v) is 6.65. The van der Waals surface area contributed by atoms with Gasteiger partial charge in [-0.1, -0.05) is 0 Å². The predicted octanol–water partition coefficient (Wildman–Crippen LogP) is 3.85. The molecule has 0 heterocycles. The van der Waals surface area contributed by atoms with Crippen molar-refractivity contribution in [2.24, 2.45) is 0 Å². The summed E-state index contributed by atoms with van der Waals surface area (Å²) in [6, 6.07) is 26.8. The molecule has 0 aliphatic carbocycles. The standard InChI is InChI=1S/C22H23NO2SSe/c1-17-13-15-20(16-14-17)26(24,25)23-22(19-9-5-3-6-10-19)18(2)27-21-11-7-4-8-12-21/h3-16,18,22-23H,1-2H3. The molecule has 3 nitrogen and oxygen atoms in total. The average Bonchev–Trinajstić information content (AvgIpc) is 2.68. The molecule has 0 saturated carbocycles. The van der Waals surface area contributed by atoms with E-state index in [4.69, 9.17) is 0 Å². The van der Waals surface area contributed by atoms with Crippen LogP contribution in [-0.4, -0.2) is 23.4 Å². The molecule has 0 aliphatic heterocycles. The Morgan fingerprint density at radius 2 is 1.37 bits per heavy atom. The van der Waals surface area contributed by atoms with E-state index in [9.17, 15) is 8.42 Å². The van der Waals surface area contributed by atoms with Crippen molar-refractivity contribution < 1.29 is 8.42 Å². The minimum absolute atomic E-state index is 0.136. The van der Waals surface area contributed by atoms with Gasteiger partial charge in [-0.3, -0.25) is 0 Å². The molecule has 3 aromatic rings. The third kappa shape index (κ3) is 5.30. The Hall–Kier alpha value is -1.91. The maximum atomic E-state index is 13.0. The van der Waals surface area contributed by atoms with Gasteiger partial charge in [0.05, 0.1) is 0 Å². The van der Waals surface area contributed by atoms with E-state index in [1.165, 1.54) is 4.46 Å². The van der Waals surface area contributed by atoms with E-state index in [0.29, 0.717) is 4.90 Å². The molecule has 3 rings (SSSR count). The molecule has 27 heavy (non-hydrogen) atoms. The zero-order valence-corrected chi connectivity index (χ0v) is 17.9. The van der Waals surface area contributed by atoms with Gasteiger partial charge >= 0.3 is 168 Å². The van der Waals surface area contributed by atoms with Crippen LogP contribution in [0.2, 0.25) is 4.82 Å². The molecule has 0 saturated heterocycles. The molecule has 0 radical (unpaired) electrons. The monoisotopic (exact) mass is 445 g/mol. The third-order valence-corrected chi connectivity index (χ3v) is 8.26. The van der Waals surface area contributed by atoms with Crippen molar-refractivity contribution in [3.63, 3.8) is 0 Å². The van der Waals surface area contributed by atoms with Crippen molar-refractivity contribution >= 4 is 29.4 Å². The molecular formula is C22H23NO2SSe. The maximum absolute atomic E-state index is 13.0. The Labute approximate surface area is 168 Å². The SMILES string of the molecule is Cc1ccc(S(=O)(=O)NC(c2ccccc2)C(C)[Se]c2ccccc2)cc1. The van der Waals surface area contributed by atoms with Crippen LogP contribution in [0.5, 0.6) is 0 Å². The fraction of sp³-hybridized carbons (Fsp3) is 0.182. The van der Waals surface area contributed by atoms with Crippen molar-refractivity contribution in [3.8, 4) is 0 Å². The van der Waals surface area contributed by atoms with Crippen LogP contribution in [0.4, 0.5) is 0 Å². The summed E-state index contributed by atoms with van der Waals surface area (Å²) in [5.74, 6) is 0. The third-order valence-electron chi connectivity index (χ3n) is 4.31. The molecule has 3 aromatic carbocycles. The second-order valence-corrected chi connectivity index (χ2v) is 11.2. The van der Waals surface area contributed by atoms with Gasteiger partial charge in [0, 0.05) is 0 Å². The van der Waals surface area contributed by atoms with Gasteiger partial charge in [0.15, 0.2) is 0 Å². The molecule has 1 N–H and O–H groups in total. The van der Waals surface area contributed by atoms with E-state index in [1.807, 2.05) is 67.6 Å². The molecule has 0 spiro atoms. The first kappa shape index (κ1) is 19.8. The van der Waals surface area contributed by atoms with Crippen LogP contribution in [0.3, 0.4) is 0 Å². The van der Waals surface area contributed by atoms with E-state index in [-0.39, 0.29) is 25.8 Å². The van der Waals surface area contributed by atoms with Gasteiger partial charge in [-0.05, 0) is 0 Å². The van der Waals surface area contributed by atoms with E-state index >= 15 is 0 Å². The first-order chi connectivity index (χ1) is 13.0. The molecule has 0 aromatic heterocycles. The van der Waals surface area contributed by atoms with E-state index in [1.54, 1.807) is 12.1 Å². The van der Waals surface area contributed by atoms with Gasteiger partial charge < -0.3 is 0 Å². The van der Waals surface area contributed by atoms with Crippen LogP contribution < -0.4 is 9.18 Å². The van der Waals surface area contributed by atoms with Crippen molar-refractivity contribution in [2.75, 3.05) is 0 Å². The Bertz CT molecular complexity index is 958. The number of hydrogen-bond acceptors (Lipinski definition) is 2. The van der Waals surface area contributed by atoms with E-state index in [2.05, 4.69) is 23.8 Å². The van der Waals surface area contributed by atoms with Crippen molar-refractivity contribution in [3.05, 3.63) is 96.1 Å². The summed E-state index contributed by atoms with van der Waals surface area (Å²) < 4.78 is 30.2. The van der Waals surface area contributed by atoms with E-state index in [0.717, 1.165) is 11.1 Å². The van der Waals surface area contributed by atoms with Crippen LogP contribution in [0.25, 0.3) is 0 Å². The van der Waals surface area contributed by atoms with Crippen molar-refractivity contribution in [1.82, 2.24) is 4.72 Å². The Morgan fingerprint density at radius 3 is 1.96 bits per heavy atom. The Morgan fingerprint density at radius 1 is 0.815 bits per heavy atom. The summed E-state index contributed by atoms with van der Waals surface area (Å²) >= 11 is 0.136. The normalized spacial score (nSPS) is 13.9. The quantitative estimate of drug-likeness (QED) is 0.563. The summed E-state index contributed by atoms with van der Waals surface area (Å²) in [6.07, 6.45) is 0. The molecule has 0 aliphatic rings. The number of rotatable bonds is 7. The van der Waals surface area contributed by atoms with Gasteiger partial charge in [0.2, 0.25) is 0 Å². The van der Waals surface area contributed by atoms with Crippen LogP contribution >= 0.6 is 0 Å². The summed E-state index contributed by atoms with van der Waals surface area (Å²) in [5, 5.41) is 0. The van der Waals surface area contributed by atoms with Gasteiger partial charge in [-0.2, -0.15) is 0 Å². The minimum atomic E-state index is -3.60. The summed E-state index contributed by atoms with van der Waals surface area (Å²) in [6.45, 7) is 4.06. The fourth-order valence-electron chi connectivity index (χ4n) is 2.83. The molecule has 2 unspecified atom stereocenters. The zero-order valence-electron chi connectivity index (χ0n) is 15.4. The average molecular weight is 444 g/mol. The molecule has 0 fully saturated rings. The van der Waals surface area contributed by atoms with Gasteiger partial charge in [-0.15, -0.1) is 0 Å². The molecule has 2 atom stereocenters. The van der Waals surface area contributed by atoms with Crippen LogP contribution in [0.15, 0.2) is 89.8 Å². The molecular weight excluding hydrogens is 421 g/mol. The number of nitrogens with one attached hydrogen (secondary N) is 1. The number of sulfonamides is 1. The first-order valence-corrected chi connectivity index (χ1v) is 12.1. The second kappa shape index (κ2) is 8.85. The predicted molar refractivity (Wildman–Crippen MR) is 112 cm³/mol. The van der Waals surface area contributed by atoms with Gasteiger partial charge in [-0.25, -0.2) is 0 Å². The molecule has 0 amide bonds. The molecule has 140 valence electrons.